The van der Waals surface area contributed by atoms with E-state index in [0.717, 1.165) is 40.4 Å². The highest BCUT2D eigenvalue weighted by Gasteiger charge is 2.15. The summed E-state index contributed by atoms with van der Waals surface area (Å²) in [4.78, 5) is 6.61. The van der Waals surface area contributed by atoms with Gasteiger partial charge in [-0.15, -0.1) is 0 Å². The molecule has 2 rings (SSSR count). The molecule has 0 N–H and O–H groups in total. The third-order valence-electron chi connectivity index (χ3n) is 3.31. The number of rotatable bonds is 7. The first-order chi connectivity index (χ1) is 10.3. The molecule has 5 nitrogen and oxygen atoms in total. The van der Waals surface area contributed by atoms with Crippen LogP contribution in [0.3, 0.4) is 0 Å². The maximum atomic E-state index is 5.82. The Bertz CT molecular complexity index is 636. The van der Waals surface area contributed by atoms with E-state index in [9.17, 15) is 0 Å². The van der Waals surface area contributed by atoms with Crippen molar-refractivity contribution in [3.05, 3.63) is 22.4 Å². The summed E-state index contributed by atoms with van der Waals surface area (Å²) in [7, 11) is 3.03. The summed E-state index contributed by atoms with van der Waals surface area (Å²) >= 11 is 3.49. The molecule has 2 aromatic rings. The predicted octanol–water partition coefficient (Wildman–Crippen LogP) is 3.57. The zero-order valence-electron chi connectivity index (χ0n) is 14.1. The fourth-order valence-corrected chi connectivity index (χ4v) is 3.22. The molecule has 0 spiro atoms. The molecule has 0 amide bonds. The van der Waals surface area contributed by atoms with Crippen molar-refractivity contribution in [3.63, 3.8) is 0 Å². The lowest BCUT2D eigenvalue weighted by Crippen LogP contribution is -2.22. The molecule has 0 aromatic carbocycles. The van der Waals surface area contributed by atoms with Gasteiger partial charge in [-0.05, 0) is 42.1 Å². The van der Waals surface area contributed by atoms with E-state index in [0.29, 0.717) is 6.73 Å². The molecule has 2 heterocycles. The first-order valence-electron chi connectivity index (χ1n) is 7.50. The van der Waals surface area contributed by atoms with Gasteiger partial charge < -0.3 is 9.64 Å². The lowest BCUT2D eigenvalue weighted by molar-refractivity contribution is 0.0808. The Morgan fingerprint density at radius 2 is 2.05 bits per heavy atom. The minimum absolute atomic E-state index is 0.461. The SMILES string of the molecule is CN(C)Cc1nn(COCC[Si](C)(C)C)c2ncc(Br)cc12. The summed E-state index contributed by atoms with van der Waals surface area (Å²) in [6, 6.07) is 3.24. The van der Waals surface area contributed by atoms with E-state index in [2.05, 4.69) is 56.6 Å². The first-order valence-corrected chi connectivity index (χ1v) is 12.0. The van der Waals surface area contributed by atoms with Gasteiger partial charge in [-0.1, -0.05) is 19.6 Å². The number of pyridine rings is 1. The third kappa shape index (κ3) is 4.87. The molecule has 0 unspecified atom stereocenters. The van der Waals surface area contributed by atoms with E-state index >= 15 is 0 Å². The molecule has 0 aliphatic carbocycles. The van der Waals surface area contributed by atoms with Crippen molar-refractivity contribution >= 4 is 35.0 Å². The van der Waals surface area contributed by atoms with Crippen LogP contribution in [0.2, 0.25) is 25.7 Å². The fraction of sp³-hybridized carbons (Fsp3) is 0.600. The van der Waals surface area contributed by atoms with E-state index in [1.165, 1.54) is 0 Å². The zero-order valence-corrected chi connectivity index (χ0v) is 16.6. The molecule has 0 fully saturated rings. The van der Waals surface area contributed by atoms with Crippen LogP contribution in [0, 0.1) is 0 Å². The Morgan fingerprint density at radius 3 is 2.68 bits per heavy atom. The molecule has 7 heteroatoms. The summed E-state index contributed by atoms with van der Waals surface area (Å²) in [5.41, 5.74) is 1.91. The minimum atomic E-state index is -1.06. The molecule has 0 saturated heterocycles. The Balaban J connectivity index is 2.15. The van der Waals surface area contributed by atoms with Gasteiger partial charge in [0.15, 0.2) is 5.65 Å². The Hall–Kier alpha value is -0.763. The third-order valence-corrected chi connectivity index (χ3v) is 5.44. The van der Waals surface area contributed by atoms with Gasteiger partial charge in [-0.3, -0.25) is 0 Å². The number of ether oxygens (including phenoxy) is 1. The topological polar surface area (TPSA) is 43.2 Å². The fourth-order valence-electron chi connectivity index (χ4n) is 2.13. The smallest absolute Gasteiger partial charge is 0.160 e. The van der Waals surface area contributed by atoms with Gasteiger partial charge in [-0.25, -0.2) is 9.67 Å². The lowest BCUT2D eigenvalue weighted by atomic mass is 10.2. The molecule has 0 radical (unpaired) electrons. The van der Waals surface area contributed by atoms with Gasteiger partial charge in [-0.2, -0.15) is 5.10 Å². The molecule has 2 aromatic heterocycles. The number of halogens is 1. The summed E-state index contributed by atoms with van der Waals surface area (Å²) in [6.45, 7) is 9.10. The van der Waals surface area contributed by atoms with E-state index in [4.69, 9.17) is 4.74 Å². The van der Waals surface area contributed by atoms with Crippen molar-refractivity contribution in [1.82, 2.24) is 19.7 Å². The second kappa shape index (κ2) is 7.21. The lowest BCUT2D eigenvalue weighted by Gasteiger charge is -2.15. The van der Waals surface area contributed by atoms with Crippen LogP contribution in [0.4, 0.5) is 0 Å². The van der Waals surface area contributed by atoms with Crippen molar-refractivity contribution < 1.29 is 4.74 Å². The number of nitrogens with zero attached hydrogens (tertiary/aromatic N) is 4. The molecule has 0 atom stereocenters. The molecule has 22 heavy (non-hydrogen) atoms. The average Bonchev–Trinajstić information content (AvgIpc) is 2.70. The van der Waals surface area contributed by atoms with Gasteiger partial charge >= 0.3 is 0 Å². The van der Waals surface area contributed by atoms with Crippen LogP contribution < -0.4 is 0 Å². The Labute approximate surface area is 141 Å². The Kier molecular flexibility index (Phi) is 5.76. The highest BCUT2D eigenvalue weighted by atomic mass is 79.9. The van der Waals surface area contributed by atoms with E-state index in [-0.39, 0.29) is 0 Å². The number of fused-ring (bicyclic) bond motifs is 1. The van der Waals surface area contributed by atoms with Crippen molar-refractivity contribution in [3.8, 4) is 0 Å². The zero-order chi connectivity index (χ0) is 16.3. The standard InChI is InChI=1S/C15H25BrN4OSi/c1-19(2)10-14-13-8-12(16)9-17-15(13)20(18-14)11-21-6-7-22(3,4)5/h8-9H,6-7,10-11H2,1-5H3. The van der Waals surface area contributed by atoms with Crippen molar-refractivity contribution in [2.75, 3.05) is 20.7 Å². The van der Waals surface area contributed by atoms with Gasteiger partial charge in [0.2, 0.25) is 0 Å². The molecule has 0 saturated carbocycles. The summed E-state index contributed by atoms with van der Waals surface area (Å²) < 4.78 is 8.66. The van der Waals surface area contributed by atoms with Crippen molar-refractivity contribution in [2.24, 2.45) is 0 Å². The van der Waals surface area contributed by atoms with Crippen LogP contribution in [-0.4, -0.2) is 48.4 Å². The van der Waals surface area contributed by atoms with Gasteiger partial charge in [0, 0.05) is 37.3 Å². The first kappa shape index (κ1) is 17.6. The second-order valence-electron chi connectivity index (χ2n) is 7.06. The quantitative estimate of drug-likeness (QED) is 0.540. The summed E-state index contributed by atoms with van der Waals surface area (Å²) in [5, 5.41) is 5.76. The summed E-state index contributed by atoms with van der Waals surface area (Å²) in [5.74, 6) is 0. The van der Waals surface area contributed by atoms with Crippen LogP contribution in [0.25, 0.3) is 11.0 Å². The monoisotopic (exact) mass is 384 g/mol. The van der Waals surface area contributed by atoms with Gasteiger partial charge in [0.05, 0.1) is 5.69 Å². The van der Waals surface area contributed by atoms with Crippen LogP contribution >= 0.6 is 15.9 Å². The molecule has 0 bridgehead atoms. The van der Waals surface area contributed by atoms with Crippen LogP contribution in [0.5, 0.6) is 0 Å². The normalized spacial score (nSPS) is 12.5. The van der Waals surface area contributed by atoms with E-state index < -0.39 is 8.07 Å². The second-order valence-corrected chi connectivity index (χ2v) is 13.6. The largest absolute Gasteiger partial charge is 0.359 e. The molecular formula is C15H25BrN4OSi. The molecular weight excluding hydrogens is 360 g/mol. The van der Waals surface area contributed by atoms with Gasteiger partial charge in [0.1, 0.15) is 6.73 Å². The van der Waals surface area contributed by atoms with Crippen LogP contribution in [0.1, 0.15) is 5.69 Å². The highest BCUT2D eigenvalue weighted by Crippen LogP contribution is 2.22. The predicted molar refractivity (Wildman–Crippen MR) is 96.7 cm³/mol. The maximum Gasteiger partial charge on any atom is 0.160 e. The molecule has 0 aliphatic rings. The number of hydrogen-bond acceptors (Lipinski definition) is 4. The van der Waals surface area contributed by atoms with Gasteiger partial charge in [0.25, 0.3) is 0 Å². The van der Waals surface area contributed by atoms with E-state index in [1.807, 2.05) is 25.0 Å². The van der Waals surface area contributed by atoms with Crippen LogP contribution in [0.15, 0.2) is 16.7 Å². The Morgan fingerprint density at radius 1 is 1.32 bits per heavy atom. The number of aromatic nitrogens is 3. The minimum Gasteiger partial charge on any atom is -0.359 e. The average molecular weight is 385 g/mol. The number of hydrogen-bond donors (Lipinski definition) is 0. The van der Waals surface area contributed by atoms with E-state index in [1.54, 1.807) is 0 Å². The van der Waals surface area contributed by atoms with Crippen molar-refractivity contribution in [2.45, 2.75) is 39.0 Å². The van der Waals surface area contributed by atoms with Crippen LogP contribution in [-0.2, 0) is 18.0 Å². The highest BCUT2D eigenvalue weighted by molar-refractivity contribution is 9.10. The molecule has 0 aliphatic heterocycles. The maximum absolute atomic E-state index is 5.82. The summed E-state index contributed by atoms with van der Waals surface area (Å²) in [6.07, 6.45) is 1.81. The van der Waals surface area contributed by atoms with Crippen molar-refractivity contribution in [1.29, 1.82) is 0 Å². The molecule has 122 valence electrons.